The van der Waals surface area contributed by atoms with Crippen LogP contribution in [0.15, 0.2) is 0 Å². The van der Waals surface area contributed by atoms with Gasteiger partial charge in [-0.25, -0.2) is 13.6 Å². The van der Waals surface area contributed by atoms with Crippen molar-refractivity contribution in [2.24, 2.45) is 0 Å². The number of hydrogen-bond acceptors (Lipinski definition) is 5. The van der Waals surface area contributed by atoms with Gasteiger partial charge in [0.05, 0.1) is 6.17 Å². The van der Waals surface area contributed by atoms with Crippen LogP contribution in [-0.2, 0) is 18.0 Å². The van der Waals surface area contributed by atoms with E-state index in [4.69, 9.17) is 13.3 Å². The Morgan fingerprint density at radius 2 is 1.23 bits per heavy atom. The van der Waals surface area contributed by atoms with E-state index >= 15 is 0 Å². The Labute approximate surface area is 167 Å². The molecule has 0 heterocycles. The van der Waals surface area contributed by atoms with Gasteiger partial charge in [0, 0.05) is 21.3 Å². The monoisotopic (exact) mass is 509 g/mol. The van der Waals surface area contributed by atoms with Crippen molar-refractivity contribution in [2.45, 2.75) is 36.0 Å². The molecule has 0 aromatic heterocycles. The fourth-order valence-electron chi connectivity index (χ4n) is 1.72. The zero-order valence-corrected chi connectivity index (χ0v) is 16.6. The SMILES string of the molecule is CO[Si](CNC(=O)OCC(F)(F)C(F)(F)C(F)(F)C(F)(F)C(F)(F)C(F)F)(OC)OC. The average molecular weight is 509 g/mol. The maximum absolute atomic E-state index is 13.5. The molecule has 31 heavy (non-hydrogen) atoms. The number of ether oxygens (including phenoxy) is 1. The first-order valence-electron chi connectivity index (χ1n) is 7.46. The molecule has 0 fully saturated rings. The number of hydrogen-bond donors (Lipinski definition) is 1. The van der Waals surface area contributed by atoms with E-state index in [2.05, 4.69) is 4.74 Å². The number of carbonyl (C=O) groups excluding carboxylic acids is 1. The highest BCUT2D eigenvalue weighted by atomic mass is 28.4. The Hall–Kier alpha value is -1.47. The number of alkyl halides is 12. The summed E-state index contributed by atoms with van der Waals surface area (Å²) in [6.07, 6.45) is -8.34. The molecule has 0 unspecified atom stereocenters. The van der Waals surface area contributed by atoms with Crippen LogP contribution >= 0.6 is 0 Å². The van der Waals surface area contributed by atoms with Gasteiger partial charge < -0.3 is 23.3 Å². The Bertz CT molecular complexity index is 609. The van der Waals surface area contributed by atoms with E-state index in [0.717, 1.165) is 21.3 Å². The molecule has 0 bridgehead atoms. The third kappa shape index (κ3) is 5.30. The Morgan fingerprint density at radius 1 is 0.806 bits per heavy atom. The quantitative estimate of drug-likeness (QED) is 0.322. The van der Waals surface area contributed by atoms with Crippen molar-refractivity contribution in [1.82, 2.24) is 5.32 Å². The van der Waals surface area contributed by atoms with E-state index in [-0.39, 0.29) is 0 Å². The van der Waals surface area contributed by atoms with Gasteiger partial charge in [-0.3, -0.25) is 0 Å². The maximum Gasteiger partial charge on any atom is 0.520 e. The molecule has 1 amide bonds. The molecule has 1 N–H and O–H groups in total. The van der Waals surface area contributed by atoms with E-state index in [9.17, 15) is 57.5 Å². The molecule has 186 valence electrons. The largest absolute Gasteiger partial charge is 0.520 e. The van der Waals surface area contributed by atoms with Crippen molar-refractivity contribution < 1.29 is 75.5 Å². The number of nitrogens with one attached hydrogen (secondary N) is 1. The van der Waals surface area contributed by atoms with Crippen molar-refractivity contribution in [3.05, 3.63) is 0 Å². The van der Waals surface area contributed by atoms with E-state index in [1.807, 2.05) is 0 Å². The highest BCUT2D eigenvalue weighted by Gasteiger charge is 2.87. The summed E-state index contributed by atoms with van der Waals surface area (Å²) in [6, 6.07) is 0. The summed E-state index contributed by atoms with van der Waals surface area (Å²) in [5.41, 5.74) is 0. The summed E-state index contributed by atoms with van der Waals surface area (Å²) in [5.74, 6) is -36.2. The van der Waals surface area contributed by atoms with Gasteiger partial charge in [-0.2, -0.15) is 43.9 Å². The third-order valence-corrected chi connectivity index (χ3v) is 6.18. The molecule has 0 aromatic carbocycles. The lowest BCUT2D eigenvalue weighted by Crippen LogP contribution is -2.69. The first-order chi connectivity index (χ1) is 13.7. The van der Waals surface area contributed by atoms with Crippen molar-refractivity contribution in [2.75, 3.05) is 34.1 Å². The number of halogens is 12. The summed E-state index contributed by atoms with van der Waals surface area (Å²) in [4.78, 5) is 11.3. The smallest absolute Gasteiger partial charge is 0.443 e. The Kier molecular flexibility index (Phi) is 9.11. The topological polar surface area (TPSA) is 66.0 Å². The normalized spacial score (nSPS) is 14.7. The van der Waals surface area contributed by atoms with Crippen molar-refractivity contribution in [3.8, 4) is 0 Å². The zero-order valence-electron chi connectivity index (χ0n) is 15.6. The molecule has 0 aliphatic heterocycles. The van der Waals surface area contributed by atoms with Gasteiger partial charge >= 0.3 is 50.9 Å². The van der Waals surface area contributed by atoms with Gasteiger partial charge in [-0.1, -0.05) is 0 Å². The molecule has 0 saturated heterocycles. The lowest BCUT2D eigenvalue weighted by atomic mass is 9.94. The molecule has 6 nitrogen and oxygen atoms in total. The molecular formula is C12H15F12NO5Si. The van der Waals surface area contributed by atoms with Crippen LogP contribution in [0.3, 0.4) is 0 Å². The summed E-state index contributed by atoms with van der Waals surface area (Å²) < 4.78 is 174. The van der Waals surface area contributed by atoms with E-state index < -0.39 is 63.7 Å². The van der Waals surface area contributed by atoms with Gasteiger partial charge in [0.25, 0.3) is 0 Å². The van der Waals surface area contributed by atoms with Crippen LogP contribution < -0.4 is 5.32 Å². The number of carbonyl (C=O) groups is 1. The molecule has 0 saturated carbocycles. The van der Waals surface area contributed by atoms with Crippen LogP contribution in [0.25, 0.3) is 0 Å². The predicted octanol–water partition coefficient (Wildman–Crippen LogP) is 3.57. The van der Waals surface area contributed by atoms with E-state index in [1.165, 1.54) is 0 Å². The number of alkyl carbamates (subject to hydrolysis) is 1. The van der Waals surface area contributed by atoms with Crippen LogP contribution in [0.2, 0.25) is 0 Å². The van der Waals surface area contributed by atoms with Gasteiger partial charge in [0.2, 0.25) is 0 Å². The summed E-state index contributed by atoms with van der Waals surface area (Å²) in [6.45, 7) is -3.03. The minimum atomic E-state index is -7.70. The van der Waals surface area contributed by atoms with E-state index in [1.54, 1.807) is 5.32 Å². The second kappa shape index (κ2) is 9.57. The first kappa shape index (κ1) is 29.5. The fourth-order valence-corrected chi connectivity index (χ4v) is 3.01. The summed E-state index contributed by atoms with van der Waals surface area (Å²) >= 11 is 0. The predicted molar refractivity (Wildman–Crippen MR) is 76.9 cm³/mol. The molecule has 0 spiro atoms. The van der Waals surface area contributed by atoms with Gasteiger partial charge in [0.1, 0.15) is 0 Å². The fraction of sp³-hybridized carbons (Fsp3) is 0.917. The third-order valence-electron chi connectivity index (χ3n) is 3.71. The highest BCUT2D eigenvalue weighted by molar-refractivity contribution is 6.61. The van der Waals surface area contributed by atoms with Crippen LogP contribution in [0.4, 0.5) is 57.5 Å². The summed E-state index contributed by atoms with van der Waals surface area (Å²) in [5, 5.41) is 1.60. The zero-order chi connectivity index (χ0) is 25.1. The number of rotatable bonds is 12. The molecule has 0 aromatic rings. The lowest BCUT2D eigenvalue weighted by Gasteiger charge is -2.38. The minimum Gasteiger partial charge on any atom is -0.443 e. The van der Waals surface area contributed by atoms with Crippen molar-refractivity contribution in [1.29, 1.82) is 0 Å². The van der Waals surface area contributed by atoms with Gasteiger partial charge in [0.15, 0.2) is 6.61 Å². The van der Waals surface area contributed by atoms with Crippen molar-refractivity contribution >= 4 is 14.9 Å². The van der Waals surface area contributed by atoms with Crippen LogP contribution in [0.1, 0.15) is 0 Å². The average Bonchev–Trinajstić information content (AvgIpc) is 2.67. The second-order valence-electron chi connectivity index (χ2n) is 5.58. The molecule has 0 aliphatic rings. The Balaban J connectivity index is 5.51. The van der Waals surface area contributed by atoms with Crippen LogP contribution in [0, 0.1) is 0 Å². The van der Waals surface area contributed by atoms with Crippen LogP contribution in [-0.4, -0.2) is 85.0 Å². The number of amides is 1. The summed E-state index contributed by atoms with van der Waals surface area (Å²) in [7, 11) is -0.521. The lowest BCUT2D eigenvalue weighted by molar-refractivity contribution is -0.414. The molecule has 19 heteroatoms. The van der Waals surface area contributed by atoms with Gasteiger partial charge in [-0.05, 0) is 0 Å². The molecular weight excluding hydrogens is 494 g/mol. The minimum absolute atomic E-state index is 0.730. The molecule has 0 radical (unpaired) electrons. The molecule has 0 atom stereocenters. The molecule has 0 aliphatic carbocycles. The second-order valence-corrected chi connectivity index (χ2v) is 8.52. The van der Waals surface area contributed by atoms with Crippen molar-refractivity contribution in [3.63, 3.8) is 0 Å². The highest BCUT2D eigenvalue weighted by Crippen LogP contribution is 2.58. The Morgan fingerprint density at radius 3 is 1.58 bits per heavy atom. The standard InChI is InChI=1S/C12H15F12NO5Si/c1-27-31(28-2,29-3)5-25-7(26)30-4-8(15,16)10(19,20)12(23,24)11(21,22)9(17,18)6(13)14/h6H,4-5H2,1-3H3,(H,25,26). The van der Waals surface area contributed by atoms with Gasteiger partial charge in [-0.15, -0.1) is 0 Å². The van der Waals surface area contributed by atoms with E-state index in [0.29, 0.717) is 0 Å². The van der Waals surface area contributed by atoms with Crippen LogP contribution in [0.5, 0.6) is 0 Å². The first-order valence-corrected chi connectivity index (χ1v) is 9.39. The molecule has 0 rings (SSSR count). The maximum atomic E-state index is 13.5.